The Kier molecular flexibility index (Phi) is 7.72. The Balaban J connectivity index is 1.36. The first kappa shape index (κ1) is 25.6. The second-order valence-corrected chi connectivity index (χ2v) is 7.64. The molecule has 0 saturated heterocycles. The molecule has 0 bridgehead atoms. The van der Waals surface area contributed by atoms with Crippen molar-refractivity contribution in [3.05, 3.63) is 84.3 Å². The van der Waals surface area contributed by atoms with Crippen LogP contribution < -0.4 is 31.6 Å². The number of nitrogens with zero attached hydrogens (tertiary/aromatic N) is 2. The molecular formula is C26H24N6O6. The molecule has 2 amide bonds. The summed E-state index contributed by atoms with van der Waals surface area (Å²) in [7, 11) is 3.09. The molecule has 0 aliphatic heterocycles. The molecule has 2 heterocycles. The third-order valence-corrected chi connectivity index (χ3v) is 5.13. The zero-order chi connectivity index (χ0) is 27.1. The minimum absolute atomic E-state index is 0.00473. The van der Waals surface area contributed by atoms with Crippen molar-refractivity contribution in [2.45, 2.75) is 0 Å². The van der Waals surface area contributed by atoms with E-state index in [1.807, 2.05) is 18.2 Å². The molecule has 2 aromatic heterocycles. The SMILES string of the molecule is COc1cccc(-c2ccc(C(=O)NC(N)=NN=C(N)NC(=O)c3ccc(-c4ccccc4OC)o3)o2)c1. The Morgan fingerprint density at radius 3 is 1.97 bits per heavy atom. The van der Waals surface area contributed by atoms with Crippen molar-refractivity contribution in [3.8, 4) is 34.1 Å². The van der Waals surface area contributed by atoms with Crippen molar-refractivity contribution in [2.75, 3.05) is 14.2 Å². The average Bonchev–Trinajstić information content (AvgIpc) is 3.63. The van der Waals surface area contributed by atoms with E-state index >= 15 is 0 Å². The smallest absolute Gasteiger partial charge is 0.293 e. The van der Waals surface area contributed by atoms with Gasteiger partial charge in [0.1, 0.15) is 23.0 Å². The molecule has 0 unspecified atom stereocenters. The van der Waals surface area contributed by atoms with E-state index in [2.05, 4.69) is 20.8 Å². The van der Waals surface area contributed by atoms with E-state index in [0.717, 1.165) is 5.56 Å². The number of para-hydroxylation sites is 1. The topological polar surface area (TPSA) is 180 Å². The number of hydrogen-bond acceptors (Lipinski definition) is 8. The van der Waals surface area contributed by atoms with E-state index in [-0.39, 0.29) is 23.4 Å². The summed E-state index contributed by atoms with van der Waals surface area (Å²) < 4.78 is 21.7. The minimum Gasteiger partial charge on any atom is -0.497 e. The van der Waals surface area contributed by atoms with Gasteiger partial charge in [-0.15, -0.1) is 10.2 Å². The molecule has 12 nitrogen and oxygen atoms in total. The molecule has 0 spiro atoms. The monoisotopic (exact) mass is 516 g/mol. The van der Waals surface area contributed by atoms with Gasteiger partial charge in [-0.2, -0.15) is 0 Å². The van der Waals surface area contributed by atoms with Crippen LogP contribution in [0.3, 0.4) is 0 Å². The second kappa shape index (κ2) is 11.5. The first-order valence-corrected chi connectivity index (χ1v) is 11.1. The first-order chi connectivity index (χ1) is 18.4. The fourth-order valence-corrected chi connectivity index (χ4v) is 3.36. The van der Waals surface area contributed by atoms with Crippen molar-refractivity contribution in [2.24, 2.45) is 21.7 Å². The number of nitrogens with one attached hydrogen (secondary N) is 2. The molecule has 0 aliphatic rings. The average molecular weight is 517 g/mol. The zero-order valence-corrected chi connectivity index (χ0v) is 20.4. The molecule has 6 N–H and O–H groups in total. The lowest BCUT2D eigenvalue weighted by atomic mass is 10.1. The highest BCUT2D eigenvalue weighted by molar-refractivity contribution is 6.05. The maximum absolute atomic E-state index is 12.5. The number of guanidine groups is 2. The van der Waals surface area contributed by atoms with Crippen LogP contribution in [0, 0.1) is 0 Å². The van der Waals surface area contributed by atoms with Gasteiger partial charge in [0.25, 0.3) is 11.8 Å². The van der Waals surface area contributed by atoms with Gasteiger partial charge in [0.15, 0.2) is 11.5 Å². The Bertz CT molecular complexity index is 1520. The summed E-state index contributed by atoms with van der Waals surface area (Å²) in [6, 6.07) is 20.6. The van der Waals surface area contributed by atoms with E-state index in [1.165, 1.54) is 19.2 Å². The van der Waals surface area contributed by atoms with Crippen LogP contribution >= 0.6 is 0 Å². The van der Waals surface area contributed by atoms with Gasteiger partial charge < -0.3 is 29.8 Å². The molecule has 4 rings (SSSR count). The summed E-state index contributed by atoms with van der Waals surface area (Å²) in [6.07, 6.45) is 0. The summed E-state index contributed by atoms with van der Waals surface area (Å²) in [6.45, 7) is 0. The number of amides is 2. The minimum atomic E-state index is -0.661. The van der Waals surface area contributed by atoms with Gasteiger partial charge in [-0.05, 0) is 48.5 Å². The summed E-state index contributed by atoms with van der Waals surface area (Å²) in [5.74, 6) is 0.0450. The van der Waals surface area contributed by atoms with Crippen molar-refractivity contribution >= 4 is 23.7 Å². The quantitative estimate of drug-likeness (QED) is 0.164. The number of furan rings is 2. The van der Waals surface area contributed by atoms with Gasteiger partial charge >= 0.3 is 0 Å². The third kappa shape index (κ3) is 5.99. The molecule has 0 fully saturated rings. The van der Waals surface area contributed by atoms with E-state index in [4.69, 9.17) is 29.8 Å². The number of ether oxygens (including phenoxy) is 2. The van der Waals surface area contributed by atoms with Crippen LogP contribution in [0.25, 0.3) is 22.6 Å². The molecule has 2 aromatic carbocycles. The number of nitrogens with two attached hydrogens (primary N) is 2. The first-order valence-electron chi connectivity index (χ1n) is 11.1. The third-order valence-electron chi connectivity index (χ3n) is 5.13. The molecule has 12 heteroatoms. The van der Waals surface area contributed by atoms with Crippen LogP contribution in [0.2, 0.25) is 0 Å². The fourth-order valence-electron chi connectivity index (χ4n) is 3.36. The van der Waals surface area contributed by atoms with Crippen molar-refractivity contribution in [1.29, 1.82) is 0 Å². The summed E-state index contributed by atoms with van der Waals surface area (Å²) >= 11 is 0. The molecule has 0 radical (unpaired) electrons. The highest BCUT2D eigenvalue weighted by Gasteiger charge is 2.16. The lowest BCUT2D eigenvalue weighted by Crippen LogP contribution is -2.38. The lowest BCUT2D eigenvalue weighted by molar-refractivity contribution is 0.0942. The molecule has 38 heavy (non-hydrogen) atoms. The van der Waals surface area contributed by atoms with Gasteiger partial charge in [0.05, 0.1) is 19.8 Å². The summed E-state index contributed by atoms with van der Waals surface area (Å²) in [5.41, 5.74) is 12.8. The predicted molar refractivity (Wildman–Crippen MR) is 140 cm³/mol. The van der Waals surface area contributed by atoms with Gasteiger partial charge in [-0.1, -0.05) is 24.3 Å². The summed E-state index contributed by atoms with van der Waals surface area (Å²) in [5, 5.41) is 11.9. The van der Waals surface area contributed by atoms with E-state index in [9.17, 15) is 9.59 Å². The number of rotatable bonds is 7. The standard InChI is InChI=1S/C26H24N6O6/c1-35-16-7-5-6-15(14-16)18-10-12-21(37-18)23(33)29-25(27)31-32-26(28)30-24(34)22-13-11-20(38-22)17-8-3-4-9-19(17)36-2/h3-14H,1-2H3,(H3,27,29,31,33)(H3,28,30,32,34). The highest BCUT2D eigenvalue weighted by atomic mass is 16.5. The number of methoxy groups -OCH3 is 2. The van der Waals surface area contributed by atoms with Crippen LogP contribution in [0.15, 0.2) is 91.8 Å². The molecular weight excluding hydrogens is 492 g/mol. The second-order valence-electron chi connectivity index (χ2n) is 7.64. The van der Waals surface area contributed by atoms with Gasteiger partial charge in [-0.25, -0.2) is 0 Å². The fraction of sp³-hybridized carbons (Fsp3) is 0.0769. The van der Waals surface area contributed by atoms with Crippen LogP contribution in [-0.4, -0.2) is 38.0 Å². The van der Waals surface area contributed by atoms with Gasteiger partial charge in [-0.3, -0.25) is 20.2 Å². The Morgan fingerprint density at radius 1 is 0.737 bits per heavy atom. The number of benzene rings is 2. The maximum atomic E-state index is 12.5. The highest BCUT2D eigenvalue weighted by Crippen LogP contribution is 2.31. The summed E-state index contributed by atoms with van der Waals surface area (Å²) in [4.78, 5) is 24.9. The van der Waals surface area contributed by atoms with Gasteiger partial charge in [0.2, 0.25) is 11.9 Å². The molecule has 0 atom stereocenters. The van der Waals surface area contributed by atoms with Crippen molar-refractivity contribution in [1.82, 2.24) is 10.6 Å². The Morgan fingerprint density at radius 2 is 1.34 bits per heavy atom. The van der Waals surface area contributed by atoms with E-state index in [0.29, 0.717) is 28.6 Å². The van der Waals surface area contributed by atoms with Crippen LogP contribution in [0.1, 0.15) is 21.1 Å². The van der Waals surface area contributed by atoms with Crippen LogP contribution in [-0.2, 0) is 0 Å². The normalized spacial score (nSPS) is 11.6. The van der Waals surface area contributed by atoms with E-state index in [1.54, 1.807) is 49.6 Å². The lowest BCUT2D eigenvalue weighted by Gasteiger charge is -2.05. The van der Waals surface area contributed by atoms with E-state index < -0.39 is 11.8 Å². The van der Waals surface area contributed by atoms with Crippen molar-refractivity contribution in [3.63, 3.8) is 0 Å². The van der Waals surface area contributed by atoms with Crippen LogP contribution in [0.5, 0.6) is 11.5 Å². The molecule has 4 aromatic rings. The Labute approximate surface area is 216 Å². The molecule has 0 aliphatic carbocycles. The number of hydrogen-bond donors (Lipinski definition) is 4. The molecule has 0 saturated carbocycles. The van der Waals surface area contributed by atoms with Crippen molar-refractivity contribution < 1.29 is 27.9 Å². The predicted octanol–water partition coefficient (Wildman–Crippen LogP) is 2.93. The zero-order valence-electron chi connectivity index (χ0n) is 20.4. The largest absolute Gasteiger partial charge is 0.497 e. The van der Waals surface area contributed by atoms with Crippen LogP contribution in [0.4, 0.5) is 0 Å². The molecule has 194 valence electrons. The number of carbonyl (C=O) groups excluding carboxylic acids is 2. The maximum Gasteiger partial charge on any atom is 0.293 e. The number of carbonyl (C=O) groups is 2. The Hall–Kier alpha value is -5.52. The van der Waals surface area contributed by atoms with Gasteiger partial charge in [0, 0.05) is 5.56 Å².